The molecule has 1 atom stereocenters. The number of para-hydroxylation sites is 1. The monoisotopic (exact) mass is 332 g/mol. The van der Waals surface area contributed by atoms with Crippen molar-refractivity contribution in [2.75, 3.05) is 20.8 Å². The van der Waals surface area contributed by atoms with Crippen LogP contribution < -0.4 is 10.1 Å². The summed E-state index contributed by atoms with van der Waals surface area (Å²) in [6.45, 7) is 0.562. The Hall–Kier alpha value is -2.34. The average Bonchev–Trinajstić information content (AvgIpc) is 2.62. The largest absolute Gasteiger partial charge is 0.493 e. The van der Waals surface area contributed by atoms with Gasteiger partial charge in [0.2, 0.25) is 0 Å². The molecule has 1 heterocycles. The molecule has 0 saturated carbocycles. The van der Waals surface area contributed by atoms with E-state index in [-0.39, 0.29) is 11.8 Å². The first-order valence-electron chi connectivity index (χ1n) is 8.13. The van der Waals surface area contributed by atoms with Gasteiger partial charge in [0.1, 0.15) is 11.8 Å². The van der Waals surface area contributed by atoms with E-state index >= 15 is 0 Å². The predicted molar refractivity (Wildman–Crippen MR) is 90.6 cm³/mol. The van der Waals surface area contributed by atoms with E-state index in [1.165, 1.54) is 14.2 Å². The van der Waals surface area contributed by atoms with Crippen molar-refractivity contribution >= 4 is 11.8 Å². The van der Waals surface area contributed by atoms with E-state index < -0.39 is 6.04 Å². The van der Waals surface area contributed by atoms with Gasteiger partial charge >= 0.3 is 0 Å². The number of benzene rings is 1. The van der Waals surface area contributed by atoms with Gasteiger partial charge in [-0.1, -0.05) is 24.3 Å². The SMILES string of the molecule is CON(C)C(=O)[C@@H]1CC=CCCCCOc2ccccc2C(=O)N1. The molecule has 0 radical (unpaired) electrons. The summed E-state index contributed by atoms with van der Waals surface area (Å²) in [7, 11) is 2.94. The number of allylic oxidation sites excluding steroid dienone is 1. The Morgan fingerprint density at radius 3 is 2.88 bits per heavy atom. The molecule has 2 rings (SSSR count). The van der Waals surface area contributed by atoms with Crippen LogP contribution in [0.25, 0.3) is 0 Å². The molecule has 6 nitrogen and oxygen atoms in total. The molecule has 1 aliphatic heterocycles. The van der Waals surface area contributed by atoms with Crippen molar-refractivity contribution in [3.8, 4) is 5.75 Å². The zero-order valence-corrected chi connectivity index (χ0v) is 14.2. The highest BCUT2D eigenvalue weighted by Gasteiger charge is 2.25. The molecule has 0 unspecified atom stereocenters. The number of hydrogen-bond donors (Lipinski definition) is 1. The number of carbonyl (C=O) groups is 2. The van der Waals surface area contributed by atoms with Crippen LogP contribution in [0.3, 0.4) is 0 Å². The van der Waals surface area contributed by atoms with Crippen LogP contribution in [0.15, 0.2) is 36.4 Å². The van der Waals surface area contributed by atoms with Gasteiger partial charge in [-0.2, -0.15) is 0 Å². The van der Waals surface area contributed by atoms with E-state index in [2.05, 4.69) is 5.32 Å². The van der Waals surface area contributed by atoms with E-state index in [1.54, 1.807) is 18.2 Å². The van der Waals surface area contributed by atoms with Crippen LogP contribution in [0.4, 0.5) is 0 Å². The van der Waals surface area contributed by atoms with Crippen LogP contribution in [0.1, 0.15) is 36.0 Å². The molecule has 24 heavy (non-hydrogen) atoms. The third kappa shape index (κ3) is 4.83. The van der Waals surface area contributed by atoms with Crippen molar-refractivity contribution in [3.05, 3.63) is 42.0 Å². The highest BCUT2D eigenvalue weighted by atomic mass is 16.7. The second-order valence-electron chi connectivity index (χ2n) is 5.59. The summed E-state index contributed by atoms with van der Waals surface area (Å²) in [6, 6.07) is 6.38. The third-order valence-electron chi connectivity index (χ3n) is 3.88. The maximum atomic E-state index is 12.6. The van der Waals surface area contributed by atoms with Crippen LogP contribution >= 0.6 is 0 Å². The van der Waals surface area contributed by atoms with E-state index in [0.29, 0.717) is 24.3 Å². The molecule has 1 aromatic rings. The number of hydroxylamine groups is 2. The van der Waals surface area contributed by atoms with Gasteiger partial charge in [-0.3, -0.25) is 14.4 Å². The van der Waals surface area contributed by atoms with Crippen LogP contribution in [0.2, 0.25) is 0 Å². The first-order chi connectivity index (χ1) is 11.6. The lowest BCUT2D eigenvalue weighted by Crippen LogP contribution is -2.46. The van der Waals surface area contributed by atoms with Crippen molar-refractivity contribution in [2.45, 2.75) is 31.7 Å². The number of likely N-dealkylation sites (N-methyl/N-ethyl adjacent to an activating group) is 1. The van der Waals surface area contributed by atoms with E-state index in [9.17, 15) is 9.59 Å². The number of fused-ring (bicyclic) bond motifs is 1. The summed E-state index contributed by atoms with van der Waals surface area (Å²) < 4.78 is 5.73. The molecule has 0 spiro atoms. The van der Waals surface area contributed by atoms with Gasteiger partial charge in [0.15, 0.2) is 0 Å². The lowest BCUT2D eigenvalue weighted by atomic mass is 10.1. The van der Waals surface area contributed by atoms with Gasteiger partial charge in [0.05, 0.1) is 19.3 Å². The van der Waals surface area contributed by atoms with Crippen LogP contribution in [0.5, 0.6) is 5.75 Å². The van der Waals surface area contributed by atoms with Gasteiger partial charge in [-0.05, 0) is 37.8 Å². The molecule has 0 aliphatic carbocycles. The molecule has 130 valence electrons. The molecular formula is C18H24N2O4. The zero-order valence-electron chi connectivity index (χ0n) is 14.2. The molecular weight excluding hydrogens is 308 g/mol. The Morgan fingerprint density at radius 1 is 1.29 bits per heavy atom. The summed E-state index contributed by atoms with van der Waals surface area (Å²) in [6.07, 6.45) is 7.20. The number of carbonyl (C=O) groups excluding carboxylic acids is 2. The summed E-state index contributed by atoms with van der Waals surface area (Å²) in [5.41, 5.74) is 0.429. The van der Waals surface area contributed by atoms with E-state index in [1.807, 2.05) is 18.2 Å². The first kappa shape index (κ1) is 18.0. The first-order valence-corrected chi connectivity index (χ1v) is 8.13. The van der Waals surface area contributed by atoms with Crippen LogP contribution in [-0.2, 0) is 9.63 Å². The number of amides is 2. The topological polar surface area (TPSA) is 67.9 Å². The Kier molecular flexibility index (Phi) is 6.81. The molecule has 2 amide bonds. The predicted octanol–water partition coefficient (Wildman–Crippen LogP) is 2.31. The fourth-order valence-electron chi connectivity index (χ4n) is 2.44. The van der Waals surface area contributed by atoms with Crippen molar-refractivity contribution < 1.29 is 19.2 Å². The Labute approximate surface area is 142 Å². The summed E-state index contributed by atoms with van der Waals surface area (Å²) in [5.74, 6) is -0.0987. The third-order valence-corrected chi connectivity index (χ3v) is 3.88. The Bertz CT molecular complexity index is 600. The van der Waals surface area contributed by atoms with Gasteiger partial charge in [-0.15, -0.1) is 0 Å². The lowest BCUT2D eigenvalue weighted by molar-refractivity contribution is -0.170. The Morgan fingerprint density at radius 2 is 2.08 bits per heavy atom. The fraction of sp³-hybridized carbons (Fsp3) is 0.444. The van der Waals surface area contributed by atoms with Gasteiger partial charge in [-0.25, -0.2) is 5.06 Å². The molecule has 1 aliphatic rings. The normalized spacial score (nSPS) is 18.9. The second kappa shape index (κ2) is 9.08. The summed E-state index contributed by atoms with van der Waals surface area (Å²) in [4.78, 5) is 29.9. The number of hydrogen-bond acceptors (Lipinski definition) is 4. The molecule has 0 saturated heterocycles. The van der Waals surface area contributed by atoms with Crippen molar-refractivity contribution in [2.24, 2.45) is 0 Å². The zero-order chi connectivity index (χ0) is 17.4. The van der Waals surface area contributed by atoms with Crippen molar-refractivity contribution in [1.29, 1.82) is 0 Å². The number of rotatable bonds is 2. The molecule has 0 fully saturated rings. The molecule has 1 aromatic carbocycles. The lowest BCUT2D eigenvalue weighted by Gasteiger charge is -2.22. The maximum Gasteiger partial charge on any atom is 0.268 e. The van der Waals surface area contributed by atoms with Gasteiger partial charge in [0.25, 0.3) is 11.8 Å². The quantitative estimate of drug-likeness (QED) is 0.667. The van der Waals surface area contributed by atoms with E-state index in [0.717, 1.165) is 24.3 Å². The fourth-order valence-corrected chi connectivity index (χ4v) is 2.44. The van der Waals surface area contributed by atoms with Crippen molar-refractivity contribution in [1.82, 2.24) is 10.4 Å². The second-order valence-corrected chi connectivity index (χ2v) is 5.59. The molecule has 0 bridgehead atoms. The molecule has 6 heteroatoms. The Balaban J connectivity index is 2.25. The maximum absolute atomic E-state index is 12.6. The minimum Gasteiger partial charge on any atom is -0.493 e. The highest BCUT2D eigenvalue weighted by molar-refractivity contribution is 5.99. The minimum atomic E-state index is -0.687. The van der Waals surface area contributed by atoms with Crippen molar-refractivity contribution in [3.63, 3.8) is 0 Å². The average molecular weight is 332 g/mol. The van der Waals surface area contributed by atoms with Gasteiger partial charge in [0, 0.05) is 7.05 Å². The summed E-state index contributed by atoms with van der Waals surface area (Å²) in [5, 5.41) is 3.91. The number of ether oxygens (including phenoxy) is 1. The smallest absolute Gasteiger partial charge is 0.268 e. The molecule has 0 aromatic heterocycles. The number of nitrogens with zero attached hydrogens (tertiary/aromatic N) is 1. The van der Waals surface area contributed by atoms with E-state index in [4.69, 9.17) is 9.57 Å². The minimum absolute atomic E-state index is 0.302. The standard InChI is InChI=1S/C18H24N2O4/c1-20(23-2)18(22)15-11-6-4-3-5-9-13-24-16-12-8-7-10-14(16)17(21)19-15/h4,6-8,10,12,15H,3,5,9,11,13H2,1-2H3,(H,19,21)/t15-/m0/s1. The number of nitrogens with one attached hydrogen (secondary N) is 1. The summed E-state index contributed by atoms with van der Waals surface area (Å²) >= 11 is 0. The molecule has 1 N–H and O–H groups in total. The van der Waals surface area contributed by atoms with Crippen LogP contribution in [-0.4, -0.2) is 43.7 Å². The van der Waals surface area contributed by atoms with Gasteiger partial charge < -0.3 is 10.1 Å². The van der Waals surface area contributed by atoms with Crippen LogP contribution in [0, 0.1) is 0 Å². The highest BCUT2D eigenvalue weighted by Crippen LogP contribution is 2.19.